The van der Waals surface area contributed by atoms with Crippen molar-refractivity contribution in [1.29, 1.82) is 0 Å². The van der Waals surface area contributed by atoms with Gasteiger partial charge in [0.1, 0.15) is 5.76 Å². The Labute approximate surface area is 137 Å². The standard InChI is InChI=1S/C18H24N4O/c1-13-18(14(2)23-20-13)12-22-9-15-7-21(8-16(15)10-22)11-17-5-3-4-6-19-17/h3-6,15-16H,7-12H2,1-2H3/t15-,16+. The molecule has 5 nitrogen and oxygen atoms in total. The Morgan fingerprint density at radius 3 is 2.30 bits per heavy atom. The van der Waals surface area contributed by atoms with Gasteiger partial charge in [-0.1, -0.05) is 11.2 Å². The van der Waals surface area contributed by atoms with Crippen LogP contribution in [-0.2, 0) is 13.1 Å². The molecule has 0 radical (unpaired) electrons. The minimum atomic E-state index is 0.791. The molecular weight excluding hydrogens is 288 g/mol. The van der Waals surface area contributed by atoms with Crippen LogP contribution in [-0.4, -0.2) is 46.1 Å². The van der Waals surface area contributed by atoms with Gasteiger partial charge in [0, 0.05) is 51.0 Å². The van der Waals surface area contributed by atoms with E-state index in [1.807, 2.05) is 26.1 Å². The van der Waals surface area contributed by atoms with Gasteiger partial charge in [-0.3, -0.25) is 14.8 Å². The van der Waals surface area contributed by atoms with Crippen molar-refractivity contribution in [2.45, 2.75) is 26.9 Å². The van der Waals surface area contributed by atoms with Crippen LogP contribution in [0.15, 0.2) is 28.9 Å². The molecule has 4 heterocycles. The molecule has 5 heteroatoms. The monoisotopic (exact) mass is 312 g/mol. The second-order valence-electron chi connectivity index (χ2n) is 7.03. The maximum atomic E-state index is 5.29. The SMILES string of the molecule is Cc1noc(C)c1CN1C[C@H]2CN(Cc3ccccn3)C[C@H]2C1. The summed E-state index contributed by atoms with van der Waals surface area (Å²) in [5, 5.41) is 4.07. The third-order valence-electron chi connectivity index (χ3n) is 5.31. The second kappa shape index (κ2) is 6.06. The molecule has 2 fully saturated rings. The lowest BCUT2D eigenvalue weighted by atomic mass is 10.0. The zero-order valence-corrected chi connectivity index (χ0v) is 13.9. The highest BCUT2D eigenvalue weighted by Crippen LogP contribution is 2.33. The Bertz CT molecular complexity index is 635. The van der Waals surface area contributed by atoms with Crippen LogP contribution in [0.3, 0.4) is 0 Å². The van der Waals surface area contributed by atoms with Crippen LogP contribution in [0.1, 0.15) is 22.7 Å². The third kappa shape index (κ3) is 3.03. The molecule has 2 aromatic heterocycles. The molecular formula is C18H24N4O. The number of likely N-dealkylation sites (tertiary alicyclic amines) is 2. The molecule has 0 aliphatic carbocycles. The van der Waals surface area contributed by atoms with E-state index in [4.69, 9.17) is 4.52 Å². The van der Waals surface area contributed by atoms with Crippen LogP contribution in [0.4, 0.5) is 0 Å². The highest BCUT2D eigenvalue weighted by molar-refractivity contribution is 5.21. The summed E-state index contributed by atoms with van der Waals surface area (Å²) in [6.45, 7) is 10.8. The molecule has 0 saturated carbocycles. The van der Waals surface area contributed by atoms with Gasteiger partial charge in [0.05, 0.1) is 11.4 Å². The van der Waals surface area contributed by atoms with Crippen molar-refractivity contribution in [2.75, 3.05) is 26.2 Å². The van der Waals surface area contributed by atoms with Gasteiger partial charge in [-0.15, -0.1) is 0 Å². The summed E-state index contributed by atoms with van der Waals surface area (Å²) in [6.07, 6.45) is 1.89. The first-order chi connectivity index (χ1) is 11.2. The van der Waals surface area contributed by atoms with E-state index in [1.54, 1.807) is 0 Å². The van der Waals surface area contributed by atoms with E-state index in [9.17, 15) is 0 Å². The smallest absolute Gasteiger partial charge is 0.138 e. The van der Waals surface area contributed by atoms with Crippen molar-refractivity contribution in [2.24, 2.45) is 11.8 Å². The molecule has 2 aliphatic heterocycles. The van der Waals surface area contributed by atoms with Crippen molar-refractivity contribution in [3.05, 3.63) is 47.1 Å². The second-order valence-corrected chi connectivity index (χ2v) is 7.03. The number of rotatable bonds is 4. The summed E-state index contributed by atoms with van der Waals surface area (Å²) < 4.78 is 5.29. The number of hydrogen-bond acceptors (Lipinski definition) is 5. The van der Waals surface area contributed by atoms with Gasteiger partial charge in [-0.25, -0.2) is 0 Å². The molecule has 0 unspecified atom stereocenters. The Hall–Kier alpha value is -1.72. The Kier molecular flexibility index (Phi) is 3.91. The number of aryl methyl sites for hydroxylation is 2. The van der Waals surface area contributed by atoms with Crippen molar-refractivity contribution in [1.82, 2.24) is 19.9 Å². The van der Waals surface area contributed by atoms with Crippen LogP contribution in [0.25, 0.3) is 0 Å². The van der Waals surface area contributed by atoms with Gasteiger partial charge in [-0.2, -0.15) is 0 Å². The maximum absolute atomic E-state index is 5.29. The summed E-state index contributed by atoms with van der Waals surface area (Å²) in [5.41, 5.74) is 3.49. The van der Waals surface area contributed by atoms with Crippen molar-refractivity contribution in [3.63, 3.8) is 0 Å². The summed E-state index contributed by atoms with van der Waals surface area (Å²) >= 11 is 0. The van der Waals surface area contributed by atoms with Crippen LogP contribution >= 0.6 is 0 Å². The first-order valence-electron chi connectivity index (χ1n) is 8.45. The highest BCUT2D eigenvalue weighted by Gasteiger charge is 2.40. The number of aromatic nitrogens is 2. The fourth-order valence-corrected chi connectivity index (χ4v) is 4.12. The van der Waals surface area contributed by atoms with E-state index < -0.39 is 0 Å². The van der Waals surface area contributed by atoms with E-state index in [-0.39, 0.29) is 0 Å². The van der Waals surface area contributed by atoms with E-state index in [1.165, 1.54) is 37.4 Å². The normalized spacial score (nSPS) is 25.1. The Morgan fingerprint density at radius 1 is 1.04 bits per heavy atom. The Morgan fingerprint density at radius 2 is 1.74 bits per heavy atom. The first-order valence-corrected chi connectivity index (χ1v) is 8.45. The Balaban J connectivity index is 1.33. The van der Waals surface area contributed by atoms with Gasteiger partial charge < -0.3 is 4.52 Å². The molecule has 0 spiro atoms. The lowest BCUT2D eigenvalue weighted by molar-refractivity contribution is 0.244. The van der Waals surface area contributed by atoms with E-state index in [0.717, 1.165) is 36.4 Å². The lowest BCUT2D eigenvalue weighted by Crippen LogP contribution is -2.28. The number of hydrogen-bond donors (Lipinski definition) is 0. The number of nitrogens with zero attached hydrogens (tertiary/aromatic N) is 4. The van der Waals surface area contributed by atoms with Gasteiger partial charge in [-0.05, 0) is 37.8 Å². The average molecular weight is 312 g/mol. The van der Waals surface area contributed by atoms with Crippen LogP contribution < -0.4 is 0 Å². The number of pyridine rings is 1. The van der Waals surface area contributed by atoms with E-state index >= 15 is 0 Å². The van der Waals surface area contributed by atoms with Gasteiger partial charge in [0.15, 0.2) is 0 Å². The molecule has 0 N–H and O–H groups in total. The summed E-state index contributed by atoms with van der Waals surface area (Å²) in [6, 6.07) is 6.18. The molecule has 0 bridgehead atoms. The minimum absolute atomic E-state index is 0.791. The van der Waals surface area contributed by atoms with Gasteiger partial charge in [0.25, 0.3) is 0 Å². The van der Waals surface area contributed by atoms with Crippen LogP contribution in [0.5, 0.6) is 0 Å². The van der Waals surface area contributed by atoms with Crippen molar-refractivity contribution >= 4 is 0 Å². The summed E-state index contributed by atoms with van der Waals surface area (Å²) in [7, 11) is 0. The fraction of sp³-hybridized carbons (Fsp3) is 0.556. The fourth-order valence-electron chi connectivity index (χ4n) is 4.12. The molecule has 2 aromatic rings. The topological polar surface area (TPSA) is 45.4 Å². The molecule has 0 amide bonds. The highest BCUT2D eigenvalue weighted by atomic mass is 16.5. The molecule has 0 aromatic carbocycles. The predicted octanol–water partition coefficient (Wildman–Crippen LogP) is 2.25. The molecule has 4 rings (SSSR count). The zero-order chi connectivity index (χ0) is 15.8. The quantitative estimate of drug-likeness (QED) is 0.866. The molecule has 23 heavy (non-hydrogen) atoms. The predicted molar refractivity (Wildman–Crippen MR) is 87.7 cm³/mol. The molecule has 2 aliphatic rings. The first kappa shape index (κ1) is 14.8. The lowest BCUT2D eigenvalue weighted by Gasteiger charge is -2.21. The van der Waals surface area contributed by atoms with E-state index in [0.29, 0.717) is 0 Å². The van der Waals surface area contributed by atoms with Gasteiger partial charge >= 0.3 is 0 Å². The third-order valence-corrected chi connectivity index (χ3v) is 5.31. The van der Waals surface area contributed by atoms with Crippen molar-refractivity contribution in [3.8, 4) is 0 Å². The molecule has 2 saturated heterocycles. The molecule has 2 atom stereocenters. The average Bonchev–Trinajstić information content (AvgIpc) is 3.17. The summed E-state index contributed by atoms with van der Waals surface area (Å²) in [4.78, 5) is 9.58. The minimum Gasteiger partial charge on any atom is -0.361 e. The molecule has 122 valence electrons. The summed E-state index contributed by atoms with van der Waals surface area (Å²) in [5.74, 6) is 2.55. The van der Waals surface area contributed by atoms with Gasteiger partial charge in [0.2, 0.25) is 0 Å². The van der Waals surface area contributed by atoms with Crippen LogP contribution in [0.2, 0.25) is 0 Å². The van der Waals surface area contributed by atoms with Crippen LogP contribution in [0, 0.1) is 25.7 Å². The largest absolute Gasteiger partial charge is 0.361 e. The maximum Gasteiger partial charge on any atom is 0.138 e. The van der Waals surface area contributed by atoms with E-state index in [2.05, 4.69) is 32.1 Å². The zero-order valence-electron chi connectivity index (χ0n) is 13.9. The number of fused-ring (bicyclic) bond motifs is 1. The van der Waals surface area contributed by atoms with Crippen molar-refractivity contribution < 1.29 is 4.52 Å².